The van der Waals surface area contributed by atoms with Crippen LogP contribution in [-0.4, -0.2) is 23.0 Å². The molecular formula is C18H14ClFN2O2. The number of hydrogen-bond donors (Lipinski definition) is 0. The minimum atomic E-state index is -0.452. The molecule has 0 aliphatic carbocycles. The molecule has 0 radical (unpaired) electrons. The molecule has 0 fully saturated rings. The molecule has 0 saturated heterocycles. The van der Waals surface area contributed by atoms with Gasteiger partial charge in [-0.05, 0) is 12.1 Å². The Morgan fingerprint density at radius 3 is 2.67 bits per heavy atom. The highest BCUT2D eigenvalue weighted by atomic mass is 35.5. The standard InChI is InChI=1S/C18H14ClFN2O2/c1-22(11-13-14(19)8-5-9-15(13)20)18(23)16-10-17(24-21-16)12-6-3-2-4-7-12/h2-10H,11H2,1H3. The quantitative estimate of drug-likeness (QED) is 0.704. The summed E-state index contributed by atoms with van der Waals surface area (Å²) in [6.07, 6.45) is 0. The van der Waals surface area contributed by atoms with E-state index >= 15 is 0 Å². The molecule has 1 amide bonds. The van der Waals surface area contributed by atoms with E-state index in [1.54, 1.807) is 19.2 Å². The fourth-order valence-corrected chi connectivity index (χ4v) is 2.53. The summed E-state index contributed by atoms with van der Waals surface area (Å²) >= 11 is 6.00. The van der Waals surface area contributed by atoms with E-state index < -0.39 is 5.82 Å². The minimum Gasteiger partial charge on any atom is -0.355 e. The third kappa shape index (κ3) is 3.31. The second-order valence-electron chi connectivity index (χ2n) is 5.30. The molecule has 0 unspecified atom stereocenters. The fourth-order valence-electron chi connectivity index (χ4n) is 2.30. The molecule has 0 aliphatic heterocycles. The van der Waals surface area contributed by atoms with Crippen molar-refractivity contribution >= 4 is 17.5 Å². The first kappa shape index (κ1) is 16.2. The Hall–Kier alpha value is -2.66. The Labute approximate surface area is 143 Å². The summed E-state index contributed by atoms with van der Waals surface area (Å²) in [5.41, 5.74) is 1.24. The van der Waals surface area contributed by atoms with Gasteiger partial charge in [0.2, 0.25) is 0 Å². The Morgan fingerprint density at radius 1 is 1.21 bits per heavy atom. The van der Waals surface area contributed by atoms with E-state index in [1.165, 1.54) is 17.0 Å². The van der Waals surface area contributed by atoms with Gasteiger partial charge in [-0.3, -0.25) is 4.79 Å². The summed E-state index contributed by atoms with van der Waals surface area (Å²) in [5, 5.41) is 4.08. The Kier molecular flexibility index (Phi) is 4.62. The highest BCUT2D eigenvalue weighted by Crippen LogP contribution is 2.23. The molecule has 1 aromatic heterocycles. The molecule has 0 atom stereocenters. The summed E-state index contributed by atoms with van der Waals surface area (Å²) in [6.45, 7) is 0.0396. The first-order valence-electron chi connectivity index (χ1n) is 7.27. The average Bonchev–Trinajstić information content (AvgIpc) is 3.08. The largest absolute Gasteiger partial charge is 0.355 e. The maximum atomic E-state index is 13.8. The summed E-state index contributed by atoms with van der Waals surface area (Å²) < 4.78 is 19.1. The molecular weight excluding hydrogens is 331 g/mol. The molecule has 2 aromatic carbocycles. The zero-order valence-corrected chi connectivity index (χ0v) is 13.6. The first-order valence-corrected chi connectivity index (χ1v) is 7.64. The number of halogens is 2. The maximum absolute atomic E-state index is 13.8. The third-order valence-corrected chi connectivity index (χ3v) is 3.95. The molecule has 3 aromatic rings. The zero-order valence-electron chi connectivity index (χ0n) is 12.9. The van der Waals surface area contributed by atoms with Crippen LogP contribution in [0.5, 0.6) is 0 Å². The van der Waals surface area contributed by atoms with Gasteiger partial charge < -0.3 is 9.42 Å². The molecule has 3 rings (SSSR count). The van der Waals surface area contributed by atoms with Crippen LogP contribution in [-0.2, 0) is 6.54 Å². The normalized spacial score (nSPS) is 10.6. The highest BCUT2D eigenvalue weighted by molar-refractivity contribution is 6.31. The van der Waals surface area contributed by atoms with Gasteiger partial charge in [0.15, 0.2) is 11.5 Å². The minimum absolute atomic E-state index is 0.0396. The third-order valence-electron chi connectivity index (χ3n) is 3.59. The molecule has 0 spiro atoms. The number of amides is 1. The van der Waals surface area contributed by atoms with Crippen molar-refractivity contribution in [1.82, 2.24) is 10.1 Å². The predicted molar refractivity (Wildman–Crippen MR) is 89.1 cm³/mol. The lowest BCUT2D eigenvalue weighted by atomic mass is 10.1. The van der Waals surface area contributed by atoms with Crippen molar-refractivity contribution in [2.75, 3.05) is 7.05 Å². The van der Waals surface area contributed by atoms with Crippen LogP contribution in [0.15, 0.2) is 59.1 Å². The van der Waals surface area contributed by atoms with E-state index in [1.807, 2.05) is 30.3 Å². The summed E-state index contributed by atoms with van der Waals surface area (Å²) in [4.78, 5) is 13.8. The maximum Gasteiger partial charge on any atom is 0.276 e. The van der Waals surface area contributed by atoms with E-state index in [2.05, 4.69) is 5.16 Å². The van der Waals surface area contributed by atoms with Crippen LogP contribution in [0.4, 0.5) is 4.39 Å². The zero-order chi connectivity index (χ0) is 17.1. The number of carbonyl (C=O) groups excluding carboxylic acids is 1. The van der Waals surface area contributed by atoms with E-state index in [-0.39, 0.29) is 28.7 Å². The van der Waals surface area contributed by atoms with Gasteiger partial charge in [0.1, 0.15) is 5.82 Å². The number of benzene rings is 2. The van der Waals surface area contributed by atoms with Crippen LogP contribution in [0.2, 0.25) is 5.02 Å². The smallest absolute Gasteiger partial charge is 0.276 e. The Balaban J connectivity index is 1.78. The van der Waals surface area contributed by atoms with Gasteiger partial charge >= 0.3 is 0 Å². The van der Waals surface area contributed by atoms with E-state index in [4.69, 9.17) is 16.1 Å². The number of aromatic nitrogens is 1. The van der Waals surface area contributed by atoms with Crippen molar-refractivity contribution in [3.63, 3.8) is 0 Å². The highest BCUT2D eigenvalue weighted by Gasteiger charge is 2.19. The second kappa shape index (κ2) is 6.84. The first-order chi connectivity index (χ1) is 11.6. The monoisotopic (exact) mass is 344 g/mol. The second-order valence-corrected chi connectivity index (χ2v) is 5.71. The molecule has 1 heterocycles. The molecule has 0 N–H and O–H groups in total. The van der Waals surface area contributed by atoms with Crippen molar-refractivity contribution in [2.24, 2.45) is 0 Å². The van der Waals surface area contributed by atoms with Gasteiger partial charge in [0.05, 0.1) is 6.54 Å². The van der Waals surface area contributed by atoms with Gasteiger partial charge in [-0.2, -0.15) is 0 Å². The van der Waals surface area contributed by atoms with Gasteiger partial charge in [0, 0.05) is 29.3 Å². The molecule has 0 saturated carbocycles. The molecule has 122 valence electrons. The Bertz CT molecular complexity index is 844. The van der Waals surface area contributed by atoms with Gasteiger partial charge in [-0.15, -0.1) is 0 Å². The predicted octanol–water partition coefficient (Wildman–Crippen LogP) is 4.41. The number of nitrogens with zero attached hydrogens (tertiary/aromatic N) is 2. The molecule has 0 aliphatic rings. The van der Waals surface area contributed by atoms with E-state index in [0.29, 0.717) is 5.76 Å². The summed E-state index contributed by atoms with van der Waals surface area (Å²) in [5.74, 6) is -0.330. The van der Waals surface area contributed by atoms with Crippen molar-refractivity contribution in [2.45, 2.75) is 6.54 Å². The van der Waals surface area contributed by atoms with Gasteiger partial charge in [-0.1, -0.05) is 53.2 Å². The number of carbonyl (C=O) groups is 1. The molecule has 0 bridgehead atoms. The van der Waals surface area contributed by atoms with Gasteiger partial charge in [0.25, 0.3) is 5.91 Å². The lowest BCUT2D eigenvalue weighted by Crippen LogP contribution is -2.27. The summed E-state index contributed by atoms with van der Waals surface area (Å²) in [6, 6.07) is 15.3. The average molecular weight is 345 g/mol. The molecule has 6 heteroatoms. The van der Waals surface area contributed by atoms with Crippen LogP contribution in [0.1, 0.15) is 16.1 Å². The molecule has 4 nitrogen and oxygen atoms in total. The van der Waals surface area contributed by atoms with Crippen molar-refractivity contribution in [1.29, 1.82) is 0 Å². The fraction of sp³-hybridized carbons (Fsp3) is 0.111. The molecule has 24 heavy (non-hydrogen) atoms. The number of rotatable bonds is 4. The summed E-state index contributed by atoms with van der Waals surface area (Å²) in [7, 11) is 1.56. The lowest BCUT2D eigenvalue weighted by Gasteiger charge is -2.16. The van der Waals surface area contributed by atoms with E-state index in [0.717, 1.165) is 5.56 Å². The van der Waals surface area contributed by atoms with Crippen LogP contribution >= 0.6 is 11.6 Å². The topological polar surface area (TPSA) is 46.3 Å². The Morgan fingerprint density at radius 2 is 1.96 bits per heavy atom. The lowest BCUT2D eigenvalue weighted by molar-refractivity contribution is 0.0773. The van der Waals surface area contributed by atoms with Crippen LogP contribution < -0.4 is 0 Å². The SMILES string of the molecule is CN(Cc1c(F)cccc1Cl)C(=O)c1cc(-c2ccccc2)on1. The van der Waals surface area contributed by atoms with Crippen LogP contribution in [0.25, 0.3) is 11.3 Å². The number of hydrogen-bond acceptors (Lipinski definition) is 3. The van der Waals surface area contributed by atoms with Crippen molar-refractivity contribution in [3.05, 3.63) is 76.7 Å². The van der Waals surface area contributed by atoms with Crippen LogP contribution in [0.3, 0.4) is 0 Å². The van der Waals surface area contributed by atoms with Crippen molar-refractivity contribution in [3.8, 4) is 11.3 Å². The van der Waals surface area contributed by atoms with E-state index in [9.17, 15) is 9.18 Å². The van der Waals surface area contributed by atoms with Crippen molar-refractivity contribution < 1.29 is 13.7 Å². The van der Waals surface area contributed by atoms with Gasteiger partial charge in [-0.25, -0.2) is 4.39 Å². The van der Waals surface area contributed by atoms with Crippen LogP contribution in [0, 0.1) is 5.82 Å².